The molecular weight excluding hydrogens is 252 g/mol. The molecule has 1 N–H and O–H groups in total. The van der Waals surface area contributed by atoms with Gasteiger partial charge in [-0.1, -0.05) is 30.8 Å². The number of hydrogen-bond donors (Lipinski definition) is 1. The van der Waals surface area contributed by atoms with Crippen molar-refractivity contribution in [3.05, 3.63) is 48.0 Å². The van der Waals surface area contributed by atoms with Gasteiger partial charge in [0.2, 0.25) is 11.8 Å². The Labute approximate surface area is 119 Å². The highest BCUT2D eigenvalue weighted by atomic mass is 16.2. The van der Waals surface area contributed by atoms with Crippen LogP contribution in [0.4, 0.5) is 0 Å². The Kier molecular flexibility index (Phi) is 4.56. The molecule has 4 heteroatoms. The lowest BCUT2D eigenvalue weighted by molar-refractivity contribution is -0.131. The maximum Gasteiger partial charge on any atom is 0.246 e. The summed E-state index contributed by atoms with van der Waals surface area (Å²) in [6.45, 7) is 3.97. The van der Waals surface area contributed by atoms with Gasteiger partial charge in [-0.05, 0) is 36.0 Å². The van der Waals surface area contributed by atoms with Crippen molar-refractivity contribution in [2.24, 2.45) is 0 Å². The molecule has 1 aromatic carbocycles. The minimum absolute atomic E-state index is 0.0520. The standard InChI is InChI=1S/C16H20N2O2/c1-3-16(20)18(2)11-15(19)17-10-13-6-4-5-7-14(13)12-8-9-12/h3-7,12H,1,8-11H2,2H3,(H,17,19). The van der Waals surface area contributed by atoms with Gasteiger partial charge < -0.3 is 10.2 Å². The van der Waals surface area contributed by atoms with Crippen LogP contribution in [0, 0.1) is 0 Å². The number of carbonyl (C=O) groups excluding carboxylic acids is 2. The fourth-order valence-electron chi connectivity index (χ4n) is 2.19. The summed E-state index contributed by atoms with van der Waals surface area (Å²) in [5, 5.41) is 2.86. The zero-order valence-electron chi connectivity index (χ0n) is 11.8. The Balaban J connectivity index is 1.87. The van der Waals surface area contributed by atoms with Crippen molar-refractivity contribution in [3.8, 4) is 0 Å². The Hall–Kier alpha value is -2.10. The van der Waals surface area contributed by atoms with E-state index in [1.54, 1.807) is 7.05 Å². The van der Waals surface area contributed by atoms with E-state index in [2.05, 4.69) is 18.0 Å². The van der Waals surface area contributed by atoms with E-state index in [1.165, 1.54) is 34.9 Å². The van der Waals surface area contributed by atoms with E-state index in [4.69, 9.17) is 0 Å². The number of carbonyl (C=O) groups is 2. The minimum Gasteiger partial charge on any atom is -0.350 e. The highest BCUT2D eigenvalue weighted by Crippen LogP contribution is 2.41. The van der Waals surface area contributed by atoms with Crippen LogP contribution in [0.15, 0.2) is 36.9 Å². The first-order valence-electron chi connectivity index (χ1n) is 6.84. The van der Waals surface area contributed by atoms with Gasteiger partial charge >= 0.3 is 0 Å². The van der Waals surface area contributed by atoms with Crippen LogP contribution in [0.25, 0.3) is 0 Å². The second kappa shape index (κ2) is 6.37. The Bertz CT molecular complexity index is 521. The molecule has 0 atom stereocenters. The summed E-state index contributed by atoms with van der Waals surface area (Å²) in [6, 6.07) is 8.20. The van der Waals surface area contributed by atoms with Crippen LogP contribution in [0.3, 0.4) is 0 Å². The van der Waals surface area contributed by atoms with Crippen LogP contribution in [0.1, 0.15) is 29.9 Å². The maximum absolute atomic E-state index is 11.8. The molecule has 1 aliphatic carbocycles. The molecule has 0 unspecified atom stereocenters. The van der Waals surface area contributed by atoms with Crippen molar-refractivity contribution < 1.29 is 9.59 Å². The van der Waals surface area contributed by atoms with Gasteiger partial charge in [0.25, 0.3) is 0 Å². The third-order valence-corrected chi connectivity index (χ3v) is 3.48. The van der Waals surface area contributed by atoms with Crippen molar-refractivity contribution in [2.45, 2.75) is 25.3 Å². The molecule has 0 bridgehead atoms. The quantitative estimate of drug-likeness (QED) is 0.803. The smallest absolute Gasteiger partial charge is 0.246 e. The predicted molar refractivity (Wildman–Crippen MR) is 78.1 cm³/mol. The van der Waals surface area contributed by atoms with E-state index in [1.807, 2.05) is 18.2 Å². The van der Waals surface area contributed by atoms with Crippen LogP contribution < -0.4 is 5.32 Å². The summed E-state index contributed by atoms with van der Waals surface area (Å²) in [7, 11) is 1.59. The molecule has 1 aliphatic rings. The van der Waals surface area contributed by atoms with Crippen molar-refractivity contribution in [2.75, 3.05) is 13.6 Å². The topological polar surface area (TPSA) is 49.4 Å². The molecular formula is C16H20N2O2. The number of likely N-dealkylation sites (N-methyl/N-ethyl adjacent to an activating group) is 1. The van der Waals surface area contributed by atoms with Crippen molar-refractivity contribution in [1.29, 1.82) is 0 Å². The first-order chi connectivity index (χ1) is 9.61. The highest BCUT2D eigenvalue weighted by molar-refractivity contribution is 5.90. The van der Waals surface area contributed by atoms with E-state index >= 15 is 0 Å². The molecule has 0 aromatic heterocycles. The highest BCUT2D eigenvalue weighted by Gasteiger charge is 2.25. The molecule has 0 aliphatic heterocycles. The lowest BCUT2D eigenvalue weighted by Crippen LogP contribution is -2.37. The van der Waals surface area contributed by atoms with Crippen molar-refractivity contribution >= 4 is 11.8 Å². The van der Waals surface area contributed by atoms with Gasteiger partial charge in [-0.3, -0.25) is 9.59 Å². The monoisotopic (exact) mass is 272 g/mol. The molecule has 0 radical (unpaired) electrons. The summed E-state index contributed by atoms with van der Waals surface area (Å²) >= 11 is 0. The predicted octanol–water partition coefficient (Wildman–Crippen LogP) is 1.82. The number of benzene rings is 1. The molecule has 4 nitrogen and oxygen atoms in total. The fourth-order valence-corrected chi connectivity index (χ4v) is 2.19. The second-order valence-corrected chi connectivity index (χ2v) is 5.15. The first kappa shape index (κ1) is 14.3. The van der Waals surface area contributed by atoms with Gasteiger partial charge in [0.1, 0.15) is 0 Å². The number of rotatable bonds is 6. The lowest BCUT2D eigenvalue weighted by atomic mass is 10.0. The third-order valence-electron chi connectivity index (χ3n) is 3.48. The molecule has 1 fully saturated rings. The summed E-state index contributed by atoms with van der Waals surface area (Å²) in [4.78, 5) is 24.4. The first-order valence-corrected chi connectivity index (χ1v) is 6.84. The Morgan fingerprint density at radius 2 is 2.10 bits per heavy atom. The lowest BCUT2D eigenvalue weighted by Gasteiger charge is -2.15. The third kappa shape index (κ3) is 3.70. The van der Waals surface area contributed by atoms with Crippen LogP contribution in [-0.2, 0) is 16.1 Å². The van der Waals surface area contributed by atoms with Crippen LogP contribution in [-0.4, -0.2) is 30.3 Å². The molecule has 1 saturated carbocycles. The van der Waals surface area contributed by atoms with E-state index in [0.29, 0.717) is 12.5 Å². The maximum atomic E-state index is 11.8. The summed E-state index contributed by atoms with van der Waals surface area (Å²) < 4.78 is 0. The van der Waals surface area contributed by atoms with Gasteiger partial charge in [0.05, 0.1) is 6.54 Å². The number of hydrogen-bond acceptors (Lipinski definition) is 2. The van der Waals surface area contributed by atoms with Crippen LogP contribution >= 0.6 is 0 Å². The summed E-state index contributed by atoms with van der Waals surface area (Å²) in [6.07, 6.45) is 3.68. The van der Waals surface area contributed by atoms with E-state index < -0.39 is 0 Å². The number of nitrogens with one attached hydrogen (secondary N) is 1. The Morgan fingerprint density at radius 1 is 1.40 bits per heavy atom. The molecule has 2 rings (SSSR count). The zero-order valence-corrected chi connectivity index (χ0v) is 11.8. The van der Waals surface area contributed by atoms with Gasteiger partial charge in [-0.25, -0.2) is 0 Å². The largest absolute Gasteiger partial charge is 0.350 e. The van der Waals surface area contributed by atoms with Gasteiger partial charge in [0, 0.05) is 13.6 Å². The number of amides is 2. The molecule has 0 saturated heterocycles. The molecule has 0 spiro atoms. The molecule has 0 heterocycles. The second-order valence-electron chi connectivity index (χ2n) is 5.15. The zero-order chi connectivity index (χ0) is 14.5. The van der Waals surface area contributed by atoms with Crippen molar-refractivity contribution in [3.63, 3.8) is 0 Å². The van der Waals surface area contributed by atoms with Crippen LogP contribution in [0.2, 0.25) is 0 Å². The minimum atomic E-state index is -0.251. The van der Waals surface area contributed by atoms with E-state index in [0.717, 1.165) is 0 Å². The van der Waals surface area contributed by atoms with Crippen molar-refractivity contribution in [1.82, 2.24) is 10.2 Å². The molecule has 2 amide bonds. The van der Waals surface area contributed by atoms with Gasteiger partial charge in [-0.15, -0.1) is 0 Å². The Morgan fingerprint density at radius 3 is 2.75 bits per heavy atom. The number of nitrogens with zero attached hydrogens (tertiary/aromatic N) is 1. The molecule has 20 heavy (non-hydrogen) atoms. The normalized spacial score (nSPS) is 13.7. The van der Waals surface area contributed by atoms with E-state index in [-0.39, 0.29) is 18.4 Å². The summed E-state index contributed by atoms with van der Waals surface area (Å²) in [5.41, 5.74) is 2.50. The summed E-state index contributed by atoms with van der Waals surface area (Å²) in [5.74, 6) is 0.250. The molecule has 1 aromatic rings. The molecule has 106 valence electrons. The average molecular weight is 272 g/mol. The van der Waals surface area contributed by atoms with Gasteiger partial charge in [0.15, 0.2) is 0 Å². The van der Waals surface area contributed by atoms with Crippen LogP contribution in [0.5, 0.6) is 0 Å². The van der Waals surface area contributed by atoms with E-state index in [9.17, 15) is 9.59 Å². The fraction of sp³-hybridized carbons (Fsp3) is 0.375. The van der Waals surface area contributed by atoms with Gasteiger partial charge in [-0.2, -0.15) is 0 Å². The SMILES string of the molecule is C=CC(=O)N(C)CC(=O)NCc1ccccc1C1CC1. The average Bonchev–Trinajstić information content (AvgIpc) is 3.29.